The van der Waals surface area contributed by atoms with E-state index in [2.05, 4.69) is 22.7 Å². The monoisotopic (exact) mass is 312 g/mol. The Bertz CT molecular complexity index is 637. The number of benzene rings is 1. The molecule has 1 fully saturated rings. The van der Waals surface area contributed by atoms with Crippen molar-refractivity contribution in [2.24, 2.45) is 5.92 Å². The Morgan fingerprint density at radius 3 is 2.83 bits per heavy atom. The molecule has 1 saturated carbocycles. The lowest BCUT2D eigenvalue weighted by molar-refractivity contribution is 0.221. The molecule has 0 radical (unpaired) electrons. The van der Waals surface area contributed by atoms with Gasteiger partial charge < -0.3 is 10.6 Å². The van der Waals surface area contributed by atoms with Crippen molar-refractivity contribution < 1.29 is 4.79 Å². The van der Waals surface area contributed by atoms with Crippen LogP contribution in [-0.2, 0) is 6.54 Å². The first-order valence-electron chi connectivity index (χ1n) is 8.36. The van der Waals surface area contributed by atoms with Gasteiger partial charge in [0.05, 0.1) is 11.9 Å². The first-order valence-corrected chi connectivity index (χ1v) is 8.36. The second kappa shape index (κ2) is 7.31. The topological polar surface area (TPSA) is 59.0 Å². The lowest BCUT2D eigenvalue weighted by Crippen LogP contribution is -2.45. The molecule has 5 nitrogen and oxygen atoms in total. The number of nitrogens with one attached hydrogen (secondary N) is 2. The summed E-state index contributed by atoms with van der Waals surface area (Å²) in [5.74, 6) is 0.565. The molecule has 23 heavy (non-hydrogen) atoms. The van der Waals surface area contributed by atoms with E-state index in [-0.39, 0.29) is 6.03 Å². The van der Waals surface area contributed by atoms with Gasteiger partial charge in [0.1, 0.15) is 0 Å². The SMILES string of the molecule is CC1CCCCC1NC(=O)NCc1cnn(-c2ccccc2)c1. The summed E-state index contributed by atoms with van der Waals surface area (Å²) in [6.07, 6.45) is 8.50. The van der Waals surface area contributed by atoms with Crippen molar-refractivity contribution in [1.82, 2.24) is 20.4 Å². The number of aromatic nitrogens is 2. The largest absolute Gasteiger partial charge is 0.335 e. The van der Waals surface area contributed by atoms with E-state index in [1.54, 1.807) is 6.20 Å². The minimum absolute atomic E-state index is 0.0868. The molecule has 0 aliphatic heterocycles. The van der Waals surface area contributed by atoms with Gasteiger partial charge >= 0.3 is 6.03 Å². The maximum absolute atomic E-state index is 12.1. The predicted molar refractivity (Wildman–Crippen MR) is 90.4 cm³/mol. The van der Waals surface area contributed by atoms with Gasteiger partial charge in [-0.05, 0) is 30.9 Å². The van der Waals surface area contributed by atoms with Crippen LogP contribution in [0, 0.1) is 5.92 Å². The van der Waals surface area contributed by atoms with E-state index in [1.165, 1.54) is 19.3 Å². The molecular weight excluding hydrogens is 288 g/mol. The molecule has 0 bridgehead atoms. The van der Waals surface area contributed by atoms with Gasteiger partial charge in [-0.3, -0.25) is 0 Å². The third-order valence-corrected chi connectivity index (χ3v) is 4.54. The van der Waals surface area contributed by atoms with Crippen molar-refractivity contribution in [3.8, 4) is 5.69 Å². The van der Waals surface area contributed by atoms with Crippen LogP contribution in [0.4, 0.5) is 4.79 Å². The molecule has 3 rings (SSSR count). The Kier molecular flexibility index (Phi) is 4.95. The van der Waals surface area contributed by atoms with Gasteiger partial charge in [-0.25, -0.2) is 9.48 Å². The van der Waals surface area contributed by atoms with Crippen LogP contribution < -0.4 is 10.6 Å². The van der Waals surface area contributed by atoms with Gasteiger partial charge in [0.2, 0.25) is 0 Å². The van der Waals surface area contributed by atoms with E-state index in [0.29, 0.717) is 18.5 Å². The van der Waals surface area contributed by atoms with Crippen molar-refractivity contribution in [2.45, 2.75) is 45.2 Å². The Labute approximate surface area is 137 Å². The summed E-state index contributed by atoms with van der Waals surface area (Å²) in [4.78, 5) is 12.1. The number of carbonyl (C=O) groups is 1. The van der Waals surface area contributed by atoms with Crippen molar-refractivity contribution >= 4 is 6.03 Å². The third-order valence-electron chi connectivity index (χ3n) is 4.54. The summed E-state index contributed by atoms with van der Waals surface area (Å²) in [7, 11) is 0. The van der Waals surface area contributed by atoms with Crippen LogP contribution in [0.15, 0.2) is 42.7 Å². The smallest absolute Gasteiger partial charge is 0.315 e. The molecule has 1 aliphatic carbocycles. The molecule has 2 N–H and O–H groups in total. The fourth-order valence-electron chi connectivity index (χ4n) is 3.11. The Balaban J connectivity index is 1.50. The number of hydrogen-bond donors (Lipinski definition) is 2. The quantitative estimate of drug-likeness (QED) is 0.910. The van der Waals surface area contributed by atoms with Crippen LogP contribution in [0.3, 0.4) is 0 Å². The van der Waals surface area contributed by atoms with Gasteiger partial charge in [0.15, 0.2) is 0 Å². The Hall–Kier alpha value is -2.30. The second-order valence-electron chi connectivity index (χ2n) is 6.32. The van der Waals surface area contributed by atoms with Crippen LogP contribution in [-0.4, -0.2) is 21.9 Å². The zero-order valence-corrected chi connectivity index (χ0v) is 13.5. The summed E-state index contributed by atoms with van der Waals surface area (Å²) < 4.78 is 1.82. The molecule has 0 spiro atoms. The van der Waals surface area contributed by atoms with Gasteiger partial charge in [0.25, 0.3) is 0 Å². The summed E-state index contributed by atoms with van der Waals surface area (Å²) in [5, 5.41) is 10.4. The number of nitrogens with zero attached hydrogens (tertiary/aromatic N) is 2. The molecule has 122 valence electrons. The maximum atomic E-state index is 12.1. The molecule has 0 saturated heterocycles. The number of urea groups is 1. The molecule has 2 atom stereocenters. The van der Waals surface area contributed by atoms with Gasteiger partial charge in [-0.15, -0.1) is 0 Å². The fraction of sp³-hybridized carbons (Fsp3) is 0.444. The zero-order valence-electron chi connectivity index (χ0n) is 13.5. The summed E-state index contributed by atoms with van der Waals surface area (Å²) >= 11 is 0. The number of hydrogen-bond acceptors (Lipinski definition) is 2. The normalized spacial score (nSPS) is 20.9. The predicted octanol–water partition coefficient (Wildman–Crippen LogP) is 3.25. The van der Waals surface area contributed by atoms with Crippen molar-refractivity contribution in [1.29, 1.82) is 0 Å². The molecular formula is C18H24N4O. The lowest BCUT2D eigenvalue weighted by Gasteiger charge is -2.29. The molecule has 1 heterocycles. The Morgan fingerprint density at radius 2 is 2.04 bits per heavy atom. The fourth-order valence-corrected chi connectivity index (χ4v) is 3.11. The van der Waals surface area contributed by atoms with Crippen LogP contribution >= 0.6 is 0 Å². The molecule has 1 aromatic carbocycles. The number of para-hydroxylation sites is 1. The first-order chi connectivity index (χ1) is 11.2. The molecule has 1 aliphatic rings. The first kappa shape index (κ1) is 15.6. The highest BCUT2D eigenvalue weighted by Gasteiger charge is 2.22. The van der Waals surface area contributed by atoms with Crippen LogP contribution in [0.25, 0.3) is 5.69 Å². The van der Waals surface area contributed by atoms with E-state index in [0.717, 1.165) is 17.7 Å². The standard InChI is InChI=1S/C18H24N4O/c1-14-7-5-6-10-17(14)21-18(23)19-11-15-12-20-22(13-15)16-8-3-2-4-9-16/h2-4,8-9,12-14,17H,5-7,10-11H2,1H3,(H2,19,21,23). The number of carbonyl (C=O) groups excluding carboxylic acids is 1. The third kappa shape index (κ3) is 4.12. The highest BCUT2D eigenvalue weighted by atomic mass is 16.2. The van der Waals surface area contributed by atoms with Crippen LogP contribution in [0.5, 0.6) is 0 Å². The van der Waals surface area contributed by atoms with E-state index in [4.69, 9.17) is 0 Å². The van der Waals surface area contributed by atoms with E-state index < -0.39 is 0 Å². The highest BCUT2D eigenvalue weighted by molar-refractivity contribution is 5.74. The lowest BCUT2D eigenvalue weighted by atomic mass is 9.86. The highest BCUT2D eigenvalue weighted by Crippen LogP contribution is 2.23. The number of amides is 2. The Morgan fingerprint density at radius 1 is 1.26 bits per heavy atom. The second-order valence-corrected chi connectivity index (χ2v) is 6.32. The van der Waals surface area contributed by atoms with Gasteiger partial charge in [0, 0.05) is 24.3 Å². The average molecular weight is 312 g/mol. The summed E-state index contributed by atoms with van der Waals surface area (Å²) in [6.45, 7) is 2.70. The van der Waals surface area contributed by atoms with Crippen molar-refractivity contribution in [3.63, 3.8) is 0 Å². The summed E-state index contributed by atoms with van der Waals surface area (Å²) in [5.41, 5.74) is 2.00. The number of rotatable bonds is 4. The maximum Gasteiger partial charge on any atom is 0.315 e. The summed E-state index contributed by atoms with van der Waals surface area (Å²) in [6, 6.07) is 10.2. The molecule has 2 aromatic rings. The van der Waals surface area contributed by atoms with E-state index >= 15 is 0 Å². The van der Waals surface area contributed by atoms with Crippen molar-refractivity contribution in [3.05, 3.63) is 48.3 Å². The van der Waals surface area contributed by atoms with Crippen LogP contribution in [0.2, 0.25) is 0 Å². The molecule has 1 aromatic heterocycles. The molecule has 2 amide bonds. The van der Waals surface area contributed by atoms with E-state index in [9.17, 15) is 4.79 Å². The molecule has 5 heteroatoms. The minimum atomic E-state index is -0.0868. The van der Waals surface area contributed by atoms with Gasteiger partial charge in [-0.1, -0.05) is 38.0 Å². The molecule has 2 unspecified atom stereocenters. The van der Waals surface area contributed by atoms with Gasteiger partial charge in [-0.2, -0.15) is 5.10 Å². The van der Waals surface area contributed by atoms with Crippen molar-refractivity contribution in [2.75, 3.05) is 0 Å². The van der Waals surface area contributed by atoms with E-state index in [1.807, 2.05) is 41.2 Å². The average Bonchev–Trinajstić information content (AvgIpc) is 3.05. The van der Waals surface area contributed by atoms with Crippen LogP contribution in [0.1, 0.15) is 38.2 Å². The minimum Gasteiger partial charge on any atom is -0.335 e. The zero-order chi connectivity index (χ0) is 16.1.